The van der Waals surface area contributed by atoms with Crippen LogP contribution in [0.25, 0.3) is 11.4 Å². The van der Waals surface area contributed by atoms with Gasteiger partial charge in [-0.1, -0.05) is 18.2 Å². The molecule has 2 aromatic carbocycles. The van der Waals surface area contributed by atoms with Crippen LogP contribution in [0.5, 0.6) is 11.5 Å². The molecule has 0 bridgehead atoms. The summed E-state index contributed by atoms with van der Waals surface area (Å²) >= 11 is 0. The maximum atomic E-state index is 11.0. The molecule has 0 saturated carbocycles. The Morgan fingerprint density at radius 1 is 1.19 bits per heavy atom. The number of benzene rings is 2. The van der Waals surface area contributed by atoms with Crippen LogP contribution in [0, 0.1) is 10.1 Å². The first-order chi connectivity index (χ1) is 13.1. The van der Waals surface area contributed by atoms with E-state index in [4.69, 9.17) is 9.47 Å². The van der Waals surface area contributed by atoms with E-state index in [1.165, 1.54) is 12.1 Å². The minimum Gasteiger partial charge on any atom is -0.486 e. The lowest BCUT2D eigenvalue weighted by atomic mass is 10.1. The van der Waals surface area contributed by atoms with Crippen molar-refractivity contribution in [3.05, 3.63) is 70.5 Å². The van der Waals surface area contributed by atoms with Gasteiger partial charge in [-0.2, -0.15) is 0 Å². The van der Waals surface area contributed by atoms with E-state index in [0.717, 1.165) is 0 Å². The van der Waals surface area contributed by atoms with Gasteiger partial charge < -0.3 is 19.1 Å². The van der Waals surface area contributed by atoms with Crippen molar-refractivity contribution in [3.63, 3.8) is 0 Å². The molecule has 1 aromatic heterocycles. The number of imidazole rings is 1. The van der Waals surface area contributed by atoms with Gasteiger partial charge in [-0.25, -0.2) is 4.98 Å². The van der Waals surface area contributed by atoms with Gasteiger partial charge in [0.2, 0.25) is 0 Å². The molecule has 0 saturated heterocycles. The summed E-state index contributed by atoms with van der Waals surface area (Å²) in [5.41, 5.74) is 1.30. The first-order valence-corrected chi connectivity index (χ1v) is 8.45. The van der Waals surface area contributed by atoms with E-state index in [-0.39, 0.29) is 12.2 Å². The largest absolute Gasteiger partial charge is 0.486 e. The van der Waals surface area contributed by atoms with Crippen LogP contribution >= 0.6 is 0 Å². The maximum Gasteiger partial charge on any atom is 0.270 e. The van der Waals surface area contributed by atoms with E-state index in [9.17, 15) is 15.2 Å². The normalized spacial score (nSPS) is 14.0. The van der Waals surface area contributed by atoms with Crippen LogP contribution in [0.1, 0.15) is 11.7 Å². The summed E-state index contributed by atoms with van der Waals surface area (Å²) in [4.78, 5) is 14.8. The quantitative estimate of drug-likeness (QED) is 0.550. The average Bonchev–Trinajstić information content (AvgIpc) is 3.15. The Kier molecular flexibility index (Phi) is 4.47. The van der Waals surface area contributed by atoms with Crippen LogP contribution in [0.3, 0.4) is 0 Å². The predicted octanol–water partition coefficient (Wildman–Crippen LogP) is 2.96. The van der Waals surface area contributed by atoms with Crippen LogP contribution < -0.4 is 9.47 Å². The van der Waals surface area contributed by atoms with Crippen molar-refractivity contribution >= 4 is 5.69 Å². The zero-order chi connectivity index (χ0) is 18.8. The highest BCUT2D eigenvalue weighted by molar-refractivity contribution is 5.59. The van der Waals surface area contributed by atoms with Crippen molar-refractivity contribution in [2.24, 2.45) is 0 Å². The minimum absolute atomic E-state index is 0.00515. The molecule has 2 heterocycles. The highest BCUT2D eigenvalue weighted by Crippen LogP contribution is 2.33. The van der Waals surface area contributed by atoms with Crippen LogP contribution in [0.15, 0.2) is 54.9 Å². The number of aliphatic hydroxyl groups excluding tert-OH is 1. The van der Waals surface area contributed by atoms with Crippen LogP contribution in [0.2, 0.25) is 0 Å². The molecule has 0 aliphatic carbocycles. The monoisotopic (exact) mass is 367 g/mol. The molecule has 0 spiro atoms. The van der Waals surface area contributed by atoms with Gasteiger partial charge in [0.25, 0.3) is 5.69 Å². The number of hydrogen-bond donors (Lipinski definition) is 1. The Labute approximate surface area is 154 Å². The van der Waals surface area contributed by atoms with Crippen molar-refractivity contribution < 1.29 is 19.5 Å². The molecule has 8 heteroatoms. The molecule has 0 fully saturated rings. The third-order valence-corrected chi connectivity index (χ3v) is 4.35. The summed E-state index contributed by atoms with van der Waals surface area (Å²) in [6, 6.07) is 11.6. The number of fused-ring (bicyclic) bond motifs is 1. The lowest BCUT2D eigenvalue weighted by Gasteiger charge is -2.20. The van der Waals surface area contributed by atoms with Gasteiger partial charge in [-0.3, -0.25) is 10.1 Å². The molecule has 4 rings (SSSR count). The number of nitro groups is 1. The van der Waals surface area contributed by atoms with Crippen molar-refractivity contribution in [3.8, 4) is 22.9 Å². The second-order valence-electron chi connectivity index (χ2n) is 6.13. The van der Waals surface area contributed by atoms with Crippen molar-refractivity contribution in [1.82, 2.24) is 9.55 Å². The van der Waals surface area contributed by atoms with Gasteiger partial charge in [0, 0.05) is 30.1 Å². The molecule has 138 valence electrons. The Morgan fingerprint density at radius 3 is 2.81 bits per heavy atom. The fraction of sp³-hybridized carbons (Fsp3) is 0.211. The molecule has 1 aliphatic heterocycles. The Morgan fingerprint density at radius 2 is 2.00 bits per heavy atom. The second kappa shape index (κ2) is 7.08. The second-order valence-corrected chi connectivity index (χ2v) is 6.13. The molecule has 1 N–H and O–H groups in total. The zero-order valence-electron chi connectivity index (χ0n) is 14.3. The highest BCUT2D eigenvalue weighted by atomic mass is 16.6. The summed E-state index contributed by atoms with van der Waals surface area (Å²) in [5.74, 6) is 1.83. The van der Waals surface area contributed by atoms with Crippen molar-refractivity contribution in [2.75, 3.05) is 13.2 Å². The lowest BCUT2D eigenvalue weighted by molar-refractivity contribution is -0.384. The van der Waals surface area contributed by atoms with Gasteiger partial charge in [-0.15, -0.1) is 0 Å². The van der Waals surface area contributed by atoms with E-state index < -0.39 is 11.0 Å². The van der Waals surface area contributed by atoms with E-state index in [1.54, 1.807) is 47.3 Å². The smallest absolute Gasteiger partial charge is 0.270 e. The number of hydrogen-bond acceptors (Lipinski definition) is 6. The summed E-state index contributed by atoms with van der Waals surface area (Å²) in [7, 11) is 0. The van der Waals surface area contributed by atoms with Gasteiger partial charge in [0.1, 0.15) is 19.0 Å². The van der Waals surface area contributed by atoms with Crippen LogP contribution in [-0.2, 0) is 6.54 Å². The standard InChI is InChI=1S/C19H17N3O5/c23-16(13-4-5-17-18(11-13)27-9-8-26-17)12-21-7-6-20-19(21)14-2-1-3-15(10-14)22(24)25/h1-7,10-11,16,23H,8-9,12H2/t16-/m1/s1. The minimum atomic E-state index is -0.799. The number of nitro benzene ring substituents is 1. The lowest BCUT2D eigenvalue weighted by Crippen LogP contribution is -2.16. The van der Waals surface area contributed by atoms with Gasteiger partial charge >= 0.3 is 0 Å². The number of aliphatic hydroxyl groups is 1. The maximum absolute atomic E-state index is 11.0. The van der Waals surface area contributed by atoms with E-state index in [1.807, 2.05) is 0 Å². The van der Waals surface area contributed by atoms with Gasteiger partial charge in [-0.05, 0) is 17.7 Å². The molecular weight excluding hydrogens is 350 g/mol. The van der Waals surface area contributed by atoms with Gasteiger partial charge in [0.05, 0.1) is 17.6 Å². The van der Waals surface area contributed by atoms with E-state index >= 15 is 0 Å². The Bertz CT molecular complexity index is 985. The zero-order valence-corrected chi connectivity index (χ0v) is 14.3. The van der Waals surface area contributed by atoms with E-state index in [0.29, 0.717) is 41.7 Å². The molecule has 1 atom stereocenters. The number of aromatic nitrogens is 2. The van der Waals surface area contributed by atoms with Crippen molar-refractivity contribution in [2.45, 2.75) is 12.6 Å². The highest BCUT2D eigenvalue weighted by Gasteiger charge is 2.18. The van der Waals surface area contributed by atoms with E-state index in [2.05, 4.69) is 4.98 Å². The topological polar surface area (TPSA) is 99.7 Å². The molecule has 0 unspecified atom stereocenters. The molecule has 8 nitrogen and oxygen atoms in total. The molecule has 27 heavy (non-hydrogen) atoms. The third-order valence-electron chi connectivity index (χ3n) is 4.35. The summed E-state index contributed by atoms with van der Waals surface area (Å²) in [5, 5.41) is 21.7. The molecule has 1 aliphatic rings. The number of ether oxygens (including phenoxy) is 2. The van der Waals surface area contributed by atoms with Crippen LogP contribution in [0.4, 0.5) is 5.69 Å². The molecule has 0 amide bonds. The summed E-state index contributed by atoms with van der Waals surface area (Å²) in [6.07, 6.45) is 2.53. The Hall–Kier alpha value is -3.39. The molecule has 3 aromatic rings. The third kappa shape index (κ3) is 3.47. The molecule has 0 radical (unpaired) electrons. The first-order valence-electron chi connectivity index (χ1n) is 8.45. The Balaban J connectivity index is 1.58. The predicted molar refractivity (Wildman–Crippen MR) is 96.7 cm³/mol. The summed E-state index contributed by atoms with van der Waals surface area (Å²) in [6.45, 7) is 1.24. The fourth-order valence-corrected chi connectivity index (χ4v) is 3.03. The fourth-order valence-electron chi connectivity index (χ4n) is 3.03. The van der Waals surface area contributed by atoms with Crippen LogP contribution in [-0.4, -0.2) is 32.8 Å². The number of nitrogens with zero attached hydrogens (tertiary/aromatic N) is 3. The van der Waals surface area contributed by atoms with Gasteiger partial charge in [0.15, 0.2) is 11.5 Å². The molecular formula is C19H17N3O5. The number of rotatable bonds is 5. The SMILES string of the molecule is O=[N+]([O-])c1cccc(-c2nccn2C[C@@H](O)c2ccc3c(c2)OCCO3)c1. The first kappa shape index (κ1) is 17.0. The average molecular weight is 367 g/mol. The number of non-ortho nitro benzene ring substituents is 1. The van der Waals surface area contributed by atoms with Crippen molar-refractivity contribution in [1.29, 1.82) is 0 Å². The summed E-state index contributed by atoms with van der Waals surface area (Å²) < 4.78 is 12.8.